The maximum absolute atomic E-state index is 12.9. The number of aromatic amines is 1. The van der Waals surface area contributed by atoms with Crippen molar-refractivity contribution in [1.29, 1.82) is 0 Å². The van der Waals surface area contributed by atoms with Crippen LogP contribution in [0.25, 0.3) is 17.1 Å². The van der Waals surface area contributed by atoms with Crippen LogP contribution in [0.4, 0.5) is 0 Å². The summed E-state index contributed by atoms with van der Waals surface area (Å²) in [6, 6.07) is 14.1. The van der Waals surface area contributed by atoms with Gasteiger partial charge in [0.05, 0.1) is 17.7 Å². The average molecular weight is 419 g/mol. The van der Waals surface area contributed by atoms with Gasteiger partial charge < -0.3 is 4.74 Å². The highest BCUT2D eigenvalue weighted by Crippen LogP contribution is 2.26. The Kier molecular flexibility index (Phi) is 5.97. The van der Waals surface area contributed by atoms with E-state index in [0.29, 0.717) is 35.0 Å². The van der Waals surface area contributed by atoms with E-state index in [1.807, 2.05) is 44.2 Å². The molecule has 7 nitrogen and oxygen atoms in total. The van der Waals surface area contributed by atoms with Gasteiger partial charge in [-0.1, -0.05) is 32.0 Å². The monoisotopic (exact) mass is 418 g/mol. The molecule has 3 rings (SSSR count). The number of H-pyrrole nitrogens is 1. The zero-order chi connectivity index (χ0) is 20.3. The van der Waals surface area contributed by atoms with Crippen molar-refractivity contribution in [3.8, 4) is 22.8 Å². The van der Waals surface area contributed by atoms with E-state index in [1.54, 1.807) is 29.9 Å². The van der Waals surface area contributed by atoms with E-state index in [-0.39, 0.29) is 4.90 Å². The van der Waals surface area contributed by atoms with E-state index < -0.39 is 10.0 Å². The third kappa shape index (κ3) is 3.73. The number of sulfonamides is 1. The third-order valence-electron chi connectivity index (χ3n) is 4.42. The topological polar surface area (TPSA) is 80.2 Å². The summed E-state index contributed by atoms with van der Waals surface area (Å²) in [5.41, 5.74) is 1.41. The second kappa shape index (κ2) is 8.26. The van der Waals surface area contributed by atoms with Crippen molar-refractivity contribution < 1.29 is 13.2 Å². The van der Waals surface area contributed by atoms with Crippen molar-refractivity contribution in [2.75, 3.05) is 20.2 Å². The largest absolute Gasteiger partial charge is 0.497 e. The first-order valence-electron chi connectivity index (χ1n) is 8.84. The molecule has 0 bridgehead atoms. The zero-order valence-electron chi connectivity index (χ0n) is 15.9. The fraction of sp³-hybridized carbons (Fsp3) is 0.263. The van der Waals surface area contributed by atoms with Gasteiger partial charge >= 0.3 is 0 Å². The Hall–Kier alpha value is -2.49. The van der Waals surface area contributed by atoms with Gasteiger partial charge in [-0.05, 0) is 36.5 Å². The minimum absolute atomic E-state index is 0.222. The van der Waals surface area contributed by atoms with Crippen LogP contribution in [0.2, 0.25) is 0 Å². The maximum Gasteiger partial charge on any atom is 0.243 e. The minimum Gasteiger partial charge on any atom is -0.497 e. The Labute approximate surface area is 169 Å². The van der Waals surface area contributed by atoms with Crippen molar-refractivity contribution in [1.82, 2.24) is 19.1 Å². The van der Waals surface area contributed by atoms with Crippen molar-refractivity contribution >= 4 is 22.2 Å². The summed E-state index contributed by atoms with van der Waals surface area (Å²) in [7, 11) is -1.98. The van der Waals surface area contributed by atoms with E-state index >= 15 is 0 Å². The van der Waals surface area contributed by atoms with Gasteiger partial charge in [0, 0.05) is 24.7 Å². The van der Waals surface area contributed by atoms with E-state index in [4.69, 9.17) is 17.0 Å². The van der Waals surface area contributed by atoms with Crippen LogP contribution in [0.3, 0.4) is 0 Å². The number of methoxy groups -OCH3 is 1. The normalized spacial score (nSPS) is 11.7. The smallest absolute Gasteiger partial charge is 0.243 e. The lowest BCUT2D eigenvalue weighted by Crippen LogP contribution is -2.30. The number of nitrogens with zero attached hydrogens (tertiary/aromatic N) is 3. The molecule has 0 saturated carbocycles. The molecule has 0 amide bonds. The molecular weight excluding hydrogens is 396 g/mol. The summed E-state index contributed by atoms with van der Waals surface area (Å²) >= 11 is 5.40. The first kappa shape index (κ1) is 20.2. The van der Waals surface area contributed by atoms with Gasteiger partial charge in [0.2, 0.25) is 10.0 Å². The van der Waals surface area contributed by atoms with Gasteiger partial charge in [0.25, 0.3) is 0 Å². The number of hydrogen-bond donors (Lipinski definition) is 1. The molecule has 0 aliphatic heterocycles. The number of aromatic nitrogens is 3. The van der Waals surface area contributed by atoms with Crippen LogP contribution >= 0.6 is 12.2 Å². The molecule has 0 fully saturated rings. The van der Waals surface area contributed by atoms with Crippen molar-refractivity contribution in [3.63, 3.8) is 0 Å². The number of hydrogen-bond acceptors (Lipinski definition) is 5. The van der Waals surface area contributed by atoms with Gasteiger partial charge in [-0.25, -0.2) is 8.42 Å². The predicted molar refractivity (Wildman–Crippen MR) is 111 cm³/mol. The lowest BCUT2D eigenvalue weighted by atomic mass is 10.2. The van der Waals surface area contributed by atoms with Crippen LogP contribution in [0.1, 0.15) is 13.8 Å². The van der Waals surface area contributed by atoms with Crippen molar-refractivity contribution in [3.05, 3.63) is 53.3 Å². The standard InChI is InChI=1S/C19H22N4O3S2/c1-4-22(5-2)28(24,25)17-11-6-8-14(12-17)18-20-21-19(27)23(18)15-9-7-10-16(13-15)26-3/h6-13H,4-5H2,1-3H3,(H,21,27). The molecule has 0 aliphatic carbocycles. The van der Waals surface area contributed by atoms with Crippen LogP contribution in [-0.4, -0.2) is 47.7 Å². The van der Waals surface area contributed by atoms with Crippen LogP contribution in [0.5, 0.6) is 5.75 Å². The summed E-state index contributed by atoms with van der Waals surface area (Å²) < 4.78 is 34.6. The molecule has 9 heteroatoms. The highest BCUT2D eigenvalue weighted by Gasteiger charge is 2.22. The van der Waals surface area contributed by atoms with Crippen LogP contribution in [0.15, 0.2) is 53.4 Å². The van der Waals surface area contributed by atoms with Gasteiger partial charge in [0.1, 0.15) is 5.75 Å². The molecule has 1 N–H and O–H groups in total. The molecule has 0 spiro atoms. The van der Waals surface area contributed by atoms with Gasteiger partial charge in [-0.15, -0.1) is 0 Å². The molecule has 148 valence electrons. The molecule has 0 unspecified atom stereocenters. The summed E-state index contributed by atoms with van der Waals surface area (Å²) in [5.74, 6) is 1.21. The molecule has 2 aromatic carbocycles. The van der Waals surface area contributed by atoms with Gasteiger partial charge in [0.15, 0.2) is 10.6 Å². The molecule has 3 aromatic rings. The SMILES string of the molecule is CCN(CC)S(=O)(=O)c1cccc(-c2n[nH]c(=S)n2-c2cccc(OC)c2)c1. The van der Waals surface area contributed by atoms with Crippen molar-refractivity contribution in [2.24, 2.45) is 0 Å². The number of ether oxygens (including phenoxy) is 1. The molecule has 0 saturated heterocycles. The lowest BCUT2D eigenvalue weighted by Gasteiger charge is -2.18. The van der Waals surface area contributed by atoms with E-state index in [2.05, 4.69) is 10.2 Å². The molecule has 0 atom stereocenters. The van der Waals surface area contributed by atoms with Crippen LogP contribution in [-0.2, 0) is 10.0 Å². The van der Waals surface area contributed by atoms with Crippen molar-refractivity contribution in [2.45, 2.75) is 18.7 Å². The summed E-state index contributed by atoms with van der Waals surface area (Å²) in [6.07, 6.45) is 0. The van der Waals surface area contributed by atoms with E-state index in [1.165, 1.54) is 4.31 Å². The Morgan fingerprint density at radius 1 is 1.14 bits per heavy atom. The Morgan fingerprint density at radius 2 is 1.86 bits per heavy atom. The first-order valence-corrected chi connectivity index (χ1v) is 10.7. The summed E-state index contributed by atoms with van der Waals surface area (Å²) in [5, 5.41) is 7.11. The zero-order valence-corrected chi connectivity index (χ0v) is 17.5. The molecule has 28 heavy (non-hydrogen) atoms. The second-order valence-electron chi connectivity index (χ2n) is 6.01. The van der Waals surface area contributed by atoms with Gasteiger partial charge in [-0.3, -0.25) is 9.67 Å². The van der Waals surface area contributed by atoms with E-state index in [0.717, 1.165) is 5.69 Å². The average Bonchev–Trinajstić information content (AvgIpc) is 3.10. The first-order chi connectivity index (χ1) is 13.4. The van der Waals surface area contributed by atoms with Crippen LogP contribution < -0.4 is 4.74 Å². The Bertz CT molecular complexity index is 1130. The highest BCUT2D eigenvalue weighted by molar-refractivity contribution is 7.89. The molecule has 0 aliphatic rings. The predicted octanol–water partition coefficient (Wildman–Crippen LogP) is 3.64. The highest BCUT2D eigenvalue weighted by atomic mass is 32.2. The fourth-order valence-electron chi connectivity index (χ4n) is 2.99. The van der Waals surface area contributed by atoms with E-state index in [9.17, 15) is 8.42 Å². The number of rotatable bonds is 7. The van der Waals surface area contributed by atoms with Gasteiger partial charge in [-0.2, -0.15) is 9.40 Å². The summed E-state index contributed by atoms with van der Waals surface area (Å²) in [4.78, 5) is 0.222. The summed E-state index contributed by atoms with van der Waals surface area (Å²) in [6.45, 7) is 4.45. The molecule has 1 heterocycles. The minimum atomic E-state index is -3.57. The lowest BCUT2D eigenvalue weighted by molar-refractivity contribution is 0.414. The quantitative estimate of drug-likeness (QED) is 0.593. The Morgan fingerprint density at radius 3 is 2.54 bits per heavy atom. The Balaban J connectivity index is 2.13. The third-order valence-corrected chi connectivity index (χ3v) is 6.74. The maximum atomic E-state index is 12.9. The molecule has 1 aromatic heterocycles. The van der Waals surface area contributed by atoms with Crippen LogP contribution in [0, 0.1) is 4.77 Å². The molecular formula is C19H22N4O3S2. The molecule has 0 radical (unpaired) electrons. The second-order valence-corrected chi connectivity index (χ2v) is 8.33. The number of nitrogens with one attached hydrogen (secondary N) is 1. The fourth-order valence-corrected chi connectivity index (χ4v) is 4.73. The number of benzene rings is 2.